The van der Waals surface area contributed by atoms with E-state index in [4.69, 9.17) is 9.41 Å². The van der Waals surface area contributed by atoms with Gasteiger partial charge in [-0.05, 0) is 47.9 Å². The van der Waals surface area contributed by atoms with Gasteiger partial charge in [0.25, 0.3) is 0 Å². The molecule has 0 amide bonds. The minimum Gasteiger partial charge on any atom is -0.455 e. The molecule has 4 heterocycles. The van der Waals surface area contributed by atoms with Crippen molar-refractivity contribution in [3.8, 4) is 16.8 Å². The third-order valence-corrected chi connectivity index (χ3v) is 13.0. The minimum absolute atomic E-state index is 0.00242. The average Bonchev–Trinajstić information content (AvgIpc) is 3.96. The largest absolute Gasteiger partial charge is 0.455 e. The summed E-state index contributed by atoms with van der Waals surface area (Å²) in [5.74, 6) is 1.13. The molecular formula is C51H36N4OS. The second-order valence-electron chi connectivity index (χ2n) is 15.1. The lowest BCUT2D eigenvalue weighted by Gasteiger charge is -2.35. The third-order valence-electron chi connectivity index (χ3n) is 11.8. The van der Waals surface area contributed by atoms with Crippen LogP contribution in [0.25, 0.3) is 80.7 Å². The Labute approximate surface area is 332 Å². The van der Waals surface area contributed by atoms with Crippen LogP contribution in [0.1, 0.15) is 23.7 Å². The minimum atomic E-state index is -0.189. The van der Waals surface area contributed by atoms with Gasteiger partial charge in [0, 0.05) is 48.5 Å². The highest BCUT2D eigenvalue weighted by Crippen LogP contribution is 2.44. The summed E-state index contributed by atoms with van der Waals surface area (Å²) in [5, 5.41) is 14.8. The Kier molecular flexibility index (Phi) is 7.37. The molecule has 0 fully saturated rings. The molecule has 10 aromatic rings. The number of benzene rings is 7. The van der Waals surface area contributed by atoms with Crippen molar-refractivity contribution in [2.24, 2.45) is 10.9 Å². The van der Waals surface area contributed by atoms with Crippen LogP contribution in [-0.4, -0.2) is 16.6 Å². The summed E-state index contributed by atoms with van der Waals surface area (Å²) < 4.78 is 12.0. The maximum atomic E-state index is 7.00. The van der Waals surface area contributed by atoms with Gasteiger partial charge in [-0.1, -0.05) is 146 Å². The number of nitrogens with one attached hydrogen (secondary N) is 2. The Hall–Kier alpha value is -6.73. The lowest BCUT2D eigenvalue weighted by Crippen LogP contribution is -2.54. The number of furan rings is 1. The van der Waals surface area contributed by atoms with Crippen molar-refractivity contribution in [1.29, 1.82) is 0 Å². The molecule has 2 aliphatic rings. The van der Waals surface area contributed by atoms with E-state index in [9.17, 15) is 0 Å². The number of hydrogen-bond acceptors (Lipinski definition) is 5. The van der Waals surface area contributed by atoms with Crippen LogP contribution in [0, 0.1) is 5.92 Å². The van der Waals surface area contributed by atoms with Crippen molar-refractivity contribution in [2.45, 2.75) is 18.8 Å². The molecule has 0 saturated carbocycles. The average molecular weight is 753 g/mol. The van der Waals surface area contributed by atoms with Gasteiger partial charge in [0.1, 0.15) is 23.2 Å². The quantitative estimate of drug-likeness (QED) is 0.184. The van der Waals surface area contributed by atoms with E-state index in [0.29, 0.717) is 0 Å². The highest BCUT2D eigenvalue weighted by molar-refractivity contribution is 7.26. The van der Waals surface area contributed by atoms with Gasteiger partial charge in [-0.2, -0.15) is 0 Å². The number of hydrogen-bond donors (Lipinski definition) is 2. The highest BCUT2D eigenvalue weighted by atomic mass is 32.1. The van der Waals surface area contributed by atoms with E-state index in [2.05, 4.69) is 191 Å². The number of fused-ring (bicyclic) bond motifs is 9. The van der Waals surface area contributed by atoms with E-state index >= 15 is 0 Å². The molecule has 272 valence electrons. The molecule has 12 rings (SSSR count). The summed E-state index contributed by atoms with van der Waals surface area (Å²) in [5.41, 5.74) is 9.70. The summed E-state index contributed by atoms with van der Waals surface area (Å²) in [6.45, 7) is 0. The van der Waals surface area contributed by atoms with Gasteiger partial charge in [0.2, 0.25) is 0 Å². The first kappa shape index (κ1) is 32.5. The fourth-order valence-electron chi connectivity index (χ4n) is 9.14. The molecule has 3 aromatic heterocycles. The standard InChI is InChI=1S/C51H36N4OS/c1-3-14-31(15-4-1)49-52-50(32-16-5-2-6-17-32)54-51(53-49)41-24-12-22-39-38-21-11-20-34(46(38)56-47(39)41)33-28-29-37-40-23-13-27-44(48(40)57-45(37)30-33)55-42-25-9-7-18-35(42)36-19-8-10-26-43(36)55/h1-16,18-30,32,49-50,52H,17H2,(H,53,54). The van der Waals surface area contributed by atoms with Crippen molar-refractivity contribution in [3.05, 3.63) is 187 Å². The number of thiophene rings is 1. The van der Waals surface area contributed by atoms with E-state index in [1.807, 2.05) is 11.3 Å². The zero-order valence-corrected chi connectivity index (χ0v) is 31.7. The first-order valence-corrected chi connectivity index (χ1v) is 20.5. The van der Waals surface area contributed by atoms with Gasteiger partial charge in [0.05, 0.1) is 33.1 Å². The third kappa shape index (κ3) is 5.15. The van der Waals surface area contributed by atoms with Crippen LogP contribution >= 0.6 is 11.3 Å². The highest BCUT2D eigenvalue weighted by Gasteiger charge is 2.30. The smallest absolute Gasteiger partial charge is 0.146 e. The summed E-state index contributed by atoms with van der Waals surface area (Å²) in [6.07, 6.45) is 9.55. The molecule has 1 aliphatic heterocycles. The number of aliphatic imine (C=N–C) groups is 1. The fourth-order valence-corrected chi connectivity index (χ4v) is 10.4. The lowest BCUT2D eigenvalue weighted by atomic mass is 9.95. The maximum absolute atomic E-state index is 7.00. The molecule has 2 N–H and O–H groups in total. The van der Waals surface area contributed by atoms with Gasteiger partial charge in [-0.25, -0.2) is 4.99 Å². The second-order valence-corrected chi connectivity index (χ2v) is 16.1. The Morgan fingerprint density at radius 2 is 1.30 bits per heavy atom. The zero-order valence-electron chi connectivity index (χ0n) is 30.9. The van der Waals surface area contributed by atoms with E-state index in [-0.39, 0.29) is 18.2 Å². The van der Waals surface area contributed by atoms with Crippen molar-refractivity contribution >= 4 is 81.1 Å². The molecule has 57 heavy (non-hydrogen) atoms. The van der Waals surface area contributed by atoms with Gasteiger partial charge in [0.15, 0.2) is 0 Å². The van der Waals surface area contributed by atoms with Crippen molar-refractivity contribution in [2.75, 3.05) is 0 Å². The number of nitrogens with zero attached hydrogens (tertiary/aromatic N) is 2. The van der Waals surface area contributed by atoms with E-state index in [0.717, 1.165) is 56.4 Å². The van der Waals surface area contributed by atoms with Crippen LogP contribution in [0.5, 0.6) is 0 Å². The first-order chi connectivity index (χ1) is 28.3. The number of allylic oxidation sites excluding steroid dienone is 3. The predicted octanol–water partition coefficient (Wildman–Crippen LogP) is 12.8. The van der Waals surface area contributed by atoms with Crippen molar-refractivity contribution in [1.82, 2.24) is 15.2 Å². The number of para-hydroxylation sites is 4. The Bertz CT molecular complexity index is 3260. The summed E-state index contributed by atoms with van der Waals surface area (Å²) in [6, 6.07) is 54.5. The topological polar surface area (TPSA) is 54.5 Å². The molecule has 3 unspecified atom stereocenters. The molecule has 0 saturated heterocycles. The van der Waals surface area contributed by atoms with Crippen LogP contribution < -0.4 is 10.6 Å². The molecule has 0 radical (unpaired) electrons. The van der Waals surface area contributed by atoms with E-state index in [1.54, 1.807) is 0 Å². The van der Waals surface area contributed by atoms with Crippen molar-refractivity contribution in [3.63, 3.8) is 0 Å². The summed E-state index contributed by atoms with van der Waals surface area (Å²) >= 11 is 1.86. The molecule has 6 heteroatoms. The van der Waals surface area contributed by atoms with Gasteiger partial charge in [-0.3, -0.25) is 5.32 Å². The summed E-state index contributed by atoms with van der Waals surface area (Å²) in [4.78, 5) is 5.27. The number of amidine groups is 1. The first-order valence-electron chi connectivity index (χ1n) is 19.6. The number of rotatable bonds is 5. The second kappa shape index (κ2) is 12.9. The van der Waals surface area contributed by atoms with E-state index < -0.39 is 0 Å². The van der Waals surface area contributed by atoms with Crippen LogP contribution in [0.15, 0.2) is 185 Å². The van der Waals surface area contributed by atoms with Gasteiger partial charge >= 0.3 is 0 Å². The molecule has 5 nitrogen and oxygen atoms in total. The number of aromatic nitrogens is 1. The Morgan fingerprint density at radius 1 is 0.614 bits per heavy atom. The molecule has 0 spiro atoms. The monoisotopic (exact) mass is 752 g/mol. The van der Waals surface area contributed by atoms with Gasteiger partial charge < -0.3 is 14.3 Å². The normalized spacial score (nSPS) is 18.3. The predicted molar refractivity (Wildman–Crippen MR) is 239 cm³/mol. The van der Waals surface area contributed by atoms with Crippen molar-refractivity contribution < 1.29 is 4.42 Å². The summed E-state index contributed by atoms with van der Waals surface area (Å²) in [7, 11) is 0. The lowest BCUT2D eigenvalue weighted by molar-refractivity contribution is 0.328. The fraction of sp³-hybridized carbons (Fsp3) is 0.0784. The SMILES string of the molecule is C1=CCC(C2NC(c3cccc4c3oc3c(-c5ccc6c(c5)sc5c(-n7c8ccccc8c8ccccc87)cccc56)cccc34)=NC(c3ccccc3)N2)C=C1. The Morgan fingerprint density at radius 3 is 2.07 bits per heavy atom. The van der Waals surface area contributed by atoms with Gasteiger partial charge in [-0.15, -0.1) is 11.3 Å². The Balaban J connectivity index is 0.987. The van der Waals surface area contributed by atoms with Crippen LogP contribution in [0.2, 0.25) is 0 Å². The van der Waals surface area contributed by atoms with E-state index in [1.165, 1.54) is 47.7 Å². The molecular weight excluding hydrogens is 717 g/mol. The molecule has 1 aliphatic carbocycles. The maximum Gasteiger partial charge on any atom is 0.146 e. The van der Waals surface area contributed by atoms with Crippen LogP contribution in [-0.2, 0) is 0 Å². The van der Waals surface area contributed by atoms with Crippen LogP contribution in [0.3, 0.4) is 0 Å². The zero-order chi connectivity index (χ0) is 37.5. The molecule has 7 aromatic carbocycles. The molecule has 0 bridgehead atoms. The van der Waals surface area contributed by atoms with Crippen LogP contribution in [0.4, 0.5) is 0 Å². The molecule has 3 atom stereocenters.